The molecule has 0 bridgehead atoms. The minimum Gasteiger partial charge on any atom is -0.397 e. The van der Waals surface area contributed by atoms with E-state index in [1.165, 1.54) is 0 Å². The van der Waals surface area contributed by atoms with Crippen LogP contribution >= 0.6 is 0 Å². The fraction of sp³-hybridized carbons (Fsp3) is 0.333. The SMILES string of the molecule is CCNC(=O)CN(C)c1ccc(C#N)cc1N. The normalized spacial score (nSPS) is 9.47. The van der Waals surface area contributed by atoms with Crippen molar-refractivity contribution < 1.29 is 4.79 Å². The average molecular weight is 232 g/mol. The Morgan fingerprint density at radius 3 is 2.82 bits per heavy atom. The number of carbonyl (C=O) groups excluding carboxylic acids is 1. The van der Waals surface area contributed by atoms with Crippen molar-refractivity contribution >= 4 is 17.3 Å². The number of hydrogen-bond donors (Lipinski definition) is 2. The number of carbonyl (C=O) groups is 1. The molecule has 0 unspecified atom stereocenters. The lowest BCUT2D eigenvalue weighted by Crippen LogP contribution is -2.35. The highest BCUT2D eigenvalue weighted by Gasteiger charge is 2.09. The summed E-state index contributed by atoms with van der Waals surface area (Å²) in [7, 11) is 1.78. The second kappa shape index (κ2) is 5.75. The van der Waals surface area contributed by atoms with E-state index in [9.17, 15) is 4.79 Å². The number of nitrogen functional groups attached to an aromatic ring is 1. The van der Waals surface area contributed by atoms with Gasteiger partial charge in [-0.3, -0.25) is 4.79 Å². The van der Waals surface area contributed by atoms with E-state index in [0.29, 0.717) is 17.8 Å². The molecule has 0 saturated heterocycles. The molecule has 1 aromatic rings. The van der Waals surface area contributed by atoms with Gasteiger partial charge in [-0.25, -0.2) is 0 Å². The Kier molecular flexibility index (Phi) is 4.35. The van der Waals surface area contributed by atoms with Crippen LogP contribution in [0.3, 0.4) is 0 Å². The van der Waals surface area contributed by atoms with Gasteiger partial charge in [-0.2, -0.15) is 5.26 Å². The zero-order chi connectivity index (χ0) is 12.8. The third-order valence-electron chi connectivity index (χ3n) is 2.32. The maximum Gasteiger partial charge on any atom is 0.239 e. The van der Waals surface area contributed by atoms with Crippen molar-refractivity contribution in [2.75, 3.05) is 30.8 Å². The first-order valence-corrected chi connectivity index (χ1v) is 5.36. The molecule has 0 spiro atoms. The van der Waals surface area contributed by atoms with Crippen LogP contribution < -0.4 is 16.0 Å². The molecule has 0 atom stereocenters. The van der Waals surface area contributed by atoms with E-state index in [4.69, 9.17) is 11.0 Å². The first-order valence-electron chi connectivity index (χ1n) is 5.36. The first-order chi connectivity index (χ1) is 8.08. The lowest BCUT2D eigenvalue weighted by Gasteiger charge is -2.20. The van der Waals surface area contributed by atoms with Gasteiger partial charge in [0, 0.05) is 13.6 Å². The minimum absolute atomic E-state index is 0.0567. The maximum atomic E-state index is 11.4. The minimum atomic E-state index is -0.0567. The fourth-order valence-corrected chi connectivity index (χ4v) is 1.53. The van der Waals surface area contributed by atoms with Crippen LogP contribution in [-0.2, 0) is 4.79 Å². The van der Waals surface area contributed by atoms with Crippen LogP contribution in [0.25, 0.3) is 0 Å². The first kappa shape index (κ1) is 12.8. The maximum absolute atomic E-state index is 11.4. The highest BCUT2D eigenvalue weighted by molar-refractivity contribution is 5.83. The monoisotopic (exact) mass is 232 g/mol. The quantitative estimate of drug-likeness (QED) is 0.749. The molecule has 0 radical (unpaired) electrons. The molecule has 0 aromatic heterocycles. The second-order valence-corrected chi connectivity index (χ2v) is 3.69. The van der Waals surface area contributed by atoms with Crippen LogP contribution in [0.15, 0.2) is 18.2 Å². The highest BCUT2D eigenvalue weighted by Crippen LogP contribution is 2.22. The number of hydrogen-bond acceptors (Lipinski definition) is 4. The third kappa shape index (κ3) is 3.38. The van der Waals surface area contributed by atoms with Gasteiger partial charge in [0.1, 0.15) is 0 Å². The molecule has 90 valence electrons. The van der Waals surface area contributed by atoms with Crippen LogP contribution in [0.2, 0.25) is 0 Å². The number of likely N-dealkylation sites (N-methyl/N-ethyl adjacent to an activating group) is 2. The number of rotatable bonds is 4. The lowest BCUT2D eigenvalue weighted by atomic mass is 10.2. The van der Waals surface area contributed by atoms with E-state index < -0.39 is 0 Å². The largest absolute Gasteiger partial charge is 0.397 e. The van der Waals surface area contributed by atoms with Crippen LogP contribution in [-0.4, -0.2) is 26.0 Å². The molecule has 0 fully saturated rings. The topological polar surface area (TPSA) is 82.2 Å². The Morgan fingerprint density at radius 1 is 1.59 bits per heavy atom. The average Bonchev–Trinajstić information content (AvgIpc) is 2.28. The number of nitrogens with one attached hydrogen (secondary N) is 1. The van der Waals surface area contributed by atoms with Crippen LogP contribution in [0.5, 0.6) is 0 Å². The molecule has 0 saturated carbocycles. The van der Waals surface area contributed by atoms with Crippen LogP contribution in [0.1, 0.15) is 12.5 Å². The summed E-state index contributed by atoms with van der Waals surface area (Å²) in [5.41, 5.74) is 7.58. The lowest BCUT2D eigenvalue weighted by molar-refractivity contribution is -0.119. The highest BCUT2D eigenvalue weighted by atomic mass is 16.2. The summed E-state index contributed by atoms with van der Waals surface area (Å²) in [5.74, 6) is -0.0567. The number of nitriles is 1. The van der Waals surface area contributed by atoms with E-state index in [1.54, 1.807) is 30.1 Å². The number of anilines is 2. The van der Waals surface area contributed by atoms with Crippen LogP contribution in [0.4, 0.5) is 11.4 Å². The summed E-state index contributed by atoms with van der Waals surface area (Å²) in [4.78, 5) is 13.2. The molecule has 0 aliphatic heterocycles. The Hall–Kier alpha value is -2.22. The molecule has 0 aliphatic carbocycles. The van der Waals surface area contributed by atoms with Crippen LogP contribution in [0, 0.1) is 11.3 Å². The predicted octanol–water partition coefficient (Wildman–Crippen LogP) is 0.713. The van der Waals surface area contributed by atoms with Crippen molar-refractivity contribution in [3.63, 3.8) is 0 Å². The van der Waals surface area contributed by atoms with Gasteiger partial charge in [-0.15, -0.1) is 0 Å². The van der Waals surface area contributed by atoms with Crippen molar-refractivity contribution in [2.24, 2.45) is 0 Å². The molecule has 17 heavy (non-hydrogen) atoms. The number of amides is 1. The molecule has 1 amide bonds. The number of nitrogens with two attached hydrogens (primary N) is 1. The number of nitrogens with zero attached hydrogens (tertiary/aromatic N) is 2. The molecular formula is C12H16N4O. The van der Waals surface area contributed by atoms with Crippen molar-refractivity contribution in [2.45, 2.75) is 6.92 Å². The van der Waals surface area contributed by atoms with Crippen molar-refractivity contribution in [1.82, 2.24) is 5.32 Å². The summed E-state index contributed by atoms with van der Waals surface area (Å²) in [6.07, 6.45) is 0. The van der Waals surface area contributed by atoms with E-state index in [1.807, 2.05) is 13.0 Å². The molecule has 1 aromatic carbocycles. The van der Waals surface area contributed by atoms with Gasteiger partial charge in [0.2, 0.25) is 5.91 Å². The summed E-state index contributed by atoms with van der Waals surface area (Å²) >= 11 is 0. The Balaban J connectivity index is 2.79. The summed E-state index contributed by atoms with van der Waals surface area (Å²) in [6.45, 7) is 2.72. The van der Waals surface area contributed by atoms with E-state index in [0.717, 1.165) is 5.69 Å². The zero-order valence-electron chi connectivity index (χ0n) is 10.0. The van der Waals surface area contributed by atoms with E-state index in [-0.39, 0.29) is 12.5 Å². The number of benzene rings is 1. The van der Waals surface area contributed by atoms with Gasteiger partial charge >= 0.3 is 0 Å². The van der Waals surface area contributed by atoms with Gasteiger partial charge in [-0.05, 0) is 25.1 Å². The van der Waals surface area contributed by atoms with Gasteiger partial charge in [0.15, 0.2) is 0 Å². The smallest absolute Gasteiger partial charge is 0.239 e. The van der Waals surface area contributed by atoms with Gasteiger partial charge in [0.05, 0.1) is 29.6 Å². The fourth-order valence-electron chi connectivity index (χ4n) is 1.53. The summed E-state index contributed by atoms with van der Waals surface area (Å²) in [5, 5.41) is 11.4. The second-order valence-electron chi connectivity index (χ2n) is 3.69. The molecule has 5 nitrogen and oxygen atoms in total. The third-order valence-corrected chi connectivity index (χ3v) is 2.32. The van der Waals surface area contributed by atoms with E-state index in [2.05, 4.69) is 5.32 Å². The molecule has 0 heterocycles. The Labute approximate surface area is 101 Å². The molecule has 1 rings (SSSR count). The molecule has 0 aliphatic rings. The van der Waals surface area contributed by atoms with Gasteiger partial charge < -0.3 is 16.0 Å². The standard InChI is InChI=1S/C12H16N4O/c1-3-15-12(17)8-16(2)11-5-4-9(7-13)6-10(11)14/h4-6H,3,8,14H2,1-2H3,(H,15,17). The Bertz CT molecular complexity index is 450. The molecular weight excluding hydrogens is 216 g/mol. The summed E-state index contributed by atoms with van der Waals surface area (Å²) < 4.78 is 0. The molecule has 3 N–H and O–H groups in total. The van der Waals surface area contributed by atoms with Gasteiger partial charge in [-0.1, -0.05) is 0 Å². The van der Waals surface area contributed by atoms with Crippen molar-refractivity contribution in [3.8, 4) is 6.07 Å². The Morgan fingerprint density at radius 2 is 2.29 bits per heavy atom. The van der Waals surface area contributed by atoms with Gasteiger partial charge in [0.25, 0.3) is 0 Å². The van der Waals surface area contributed by atoms with Crippen molar-refractivity contribution in [1.29, 1.82) is 5.26 Å². The summed E-state index contributed by atoms with van der Waals surface area (Å²) in [6, 6.07) is 7.04. The zero-order valence-corrected chi connectivity index (χ0v) is 10.0. The molecule has 5 heteroatoms. The predicted molar refractivity (Wildman–Crippen MR) is 67.5 cm³/mol. The van der Waals surface area contributed by atoms with Crippen molar-refractivity contribution in [3.05, 3.63) is 23.8 Å². The van der Waals surface area contributed by atoms with E-state index >= 15 is 0 Å².